The standard InChI is InChI=1S/C18H27N3O3/c1-3-9-18(2,19)17(23)20-12-13-6-4-7-14(11-13)21-16(22)15-8-5-10-24-15/h4,6-7,11,15H,3,5,8-10,12,19H2,1-2H3,(H,20,23)(H,21,22). The van der Waals surface area contributed by atoms with E-state index in [1.165, 1.54) is 0 Å². The number of carbonyl (C=O) groups is 2. The van der Waals surface area contributed by atoms with Crippen LogP contribution < -0.4 is 16.4 Å². The lowest BCUT2D eigenvalue weighted by atomic mass is 9.96. The van der Waals surface area contributed by atoms with Gasteiger partial charge < -0.3 is 21.1 Å². The molecule has 4 N–H and O–H groups in total. The van der Waals surface area contributed by atoms with Gasteiger partial charge in [0.1, 0.15) is 6.10 Å². The van der Waals surface area contributed by atoms with Crippen LogP contribution in [0.5, 0.6) is 0 Å². The van der Waals surface area contributed by atoms with Crippen LogP contribution in [0.1, 0.15) is 45.1 Å². The molecular formula is C18H27N3O3. The maximum absolute atomic E-state index is 12.1. The third-order valence-corrected chi connectivity index (χ3v) is 4.16. The topological polar surface area (TPSA) is 93.5 Å². The van der Waals surface area contributed by atoms with Gasteiger partial charge in [-0.25, -0.2) is 0 Å². The van der Waals surface area contributed by atoms with Crippen LogP contribution in [-0.4, -0.2) is 30.1 Å². The second kappa shape index (κ2) is 8.26. The van der Waals surface area contributed by atoms with E-state index in [1.54, 1.807) is 6.92 Å². The van der Waals surface area contributed by atoms with E-state index in [-0.39, 0.29) is 17.9 Å². The van der Waals surface area contributed by atoms with Crippen molar-refractivity contribution < 1.29 is 14.3 Å². The number of anilines is 1. The third kappa shape index (κ3) is 5.04. The maximum atomic E-state index is 12.1. The normalized spacial score (nSPS) is 19.5. The fourth-order valence-electron chi connectivity index (χ4n) is 2.78. The lowest BCUT2D eigenvalue weighted by Gasteiger charge is -2.22. The summed E-state index contributed by atoms with van der Waals surface area (Å²) >= 11 is 0. The molecule has 1 aliphatic rings. The molecule has 0 aromatic heterocycles. The molecular weight excluding hydrogens is 306 g/mol. The van der Waals surface area contributed by atoms with Gasteiger partial charge in [0.2, 0.25) is 5.91 Å². The van der Waals surface area contributed by atoms with Crippen molar-refractivity contribution in [3.8, 4) is 0 Å². The van der Waals surface area contributed by atoms with Crippen LogP contribution in [0.2, 0.25) is 0 Å². The Bertz CT molecular complexity index is 581. The molecule has 0 saturated carbocycles. The van der Waals surface area contributed by atoms with E-state index >= 15 is 0 Å². The molecule has 1 aliphatic heterocycles. The van der Waals surface area contributed by atoms with Crippen molar-refractivity contribution >= 4 is 17.5 Å². The molecule has 6 nitrogen and oxygen atoms in total. The highest BCUT2D eigenvalue weighted by Gasteiger charge is 2.26. The summed E-state index contributed by atoms with van der Waals surface area (Å²) < 4.78 is 5.37. The first-order valence-corrected chi connectivity index (χ1v) is 8.51. The van der Waals surface area contributed by atoms with Gasteiger partial charge in [0.05, 0.1) is 5.54 Å². The van der Waals surface area contributed by atoms with E-state index < -0.39 is 5.54 Å². The van der Waals surface area contributed by atoms with Crippen LogP contribution in [0.15, 0.2) is 24.3 Å². The molecule has 0 spiro atoms. The lowest BCUT2D eigenvalue weighted by Crippen LogP contribution is -2.51. The number of hydrogen-bond acceptors (Lipinski definition) is 4. The molecule has 1 saturated heterocycles. The molecule has 2 atom stereocenters. The van der Waals surface area contributed by atoms with Gasteiger partial charge in [0.15, 0.2) is 0 Å². The summed E-state index contributed by atoms with van der Waals surface area (Å²) in [7, 11) is 0. The van der Waals surface area contributed by atoms with E-state index in [4.69, 9.17) is 10.5 Å². The average Bonchev–Trinajstić information content (AvgIpc) is 3.07. The van der Waals surface area contributed by atoms with Crippen molar-refractivity contribution in [2.75, 3.05) is 11.9 Å². The Kier molecular flexibility index (Phi) is 6.34. The molecule has 0 aliphatic carbocycles. The lowest BCUT2D eigenvalue weighted by molar-refractivity contribution is -0.126. The van der Waals surface area contributed by atoms with Gasteiger partial charge in [0, 0.05) is 18.8 Å². The molecule has 2 unspecified atom stereocenters. The summed E-state index contributed by atoms with van der Waals surface area (Å²) in [5, 5.41) is 5.72. The largest absolute Gasteiger partial charge is 0.368 e. The molecule has 1 fully saturated rings. The molecule has 6 heteroatoms. The highest BCUT2D eigenvalue weighted by atomic mass is 16.5. The van der Waals surface area contributed by atoms with Crippen molar-refractivity contribution in [1.29, 1.82) is 0 Å². The van der Waals surface area contributed by atoms with Gasteiger partial charge >= 0.3 is 0 Å². The molecule has 1 aromatic carbocycles. The number of benzene rings is 1. The third-order valence-electron chi connectivity index (χ3n) is 4.16. The molecule has 132 valence electrons. The summed E-state index contributed by atoms with van der Waals surface area (Å²) in [5.74, 6) is -0.288. The Morgan fingerprint density at radius 1 is 1.42 bits per heavy atom. The minimum atomic E-state index is -0.861. The van der Waals surface area contributed by atoms with Crippen LogP contribution in [0.25, 0.3) is 0 Å². The smallest absolute Gasteiger partial charge is 0.253 e. The Hall–Kier alpha value is -1.92. The number of hydrogen-bond donors (Lipinski definition) is 3. The summed E-state index contributed by atoms with van der Waals surface area (Å²) in [6, 6.07) is 7.42. The molecule has 0 bridgehead atoms. The summed E-state index contributed by atoms with van der Waals surface area (Å²) in [6.07, 6.45) is 2.80. The van der Waals surface area contributed by atoms with E-state index in [0.29, 0.717) is 25.3 Å². The van der Waals surface area contributed by atoms with Gasteiger partial charge in [0.25, 0.3) is 5.91 Å². The van der Waals surface area contributed by atoms with E-state index in [1.807, 2.05) is 31.2 Å². The fourth-order valence-corrected chi connectivity index (χ4v) is 2.78. The summed E-state index contributed by atoms with van der Waals surface area (Å²) in [4.78, 5) is 24.2. The van der Waals surface area contributed by atoms with E-state index in [9.17, 15) is 9.59 Å². The SMILES string of the molecule is CCCC(C)(N)C(=O)NCc1cccc(NC(=O)C2CCCO2)c1. The summed E-state index contributed by atoms with van der Waals surface area (Å²) in [5.41, 5.74) is 6.76. The number of ether oxygens (including phenoxy) is 1. The van der Waals surface area contributed by atoms with Crippen LogP contribution >= 0.6 is 0 Å². The van der Waals surface area contributed by atoms with Crippen LogP contribution in [0, 0.1) is 0 Å². The zero-order valence-corrected chi connectivity index (χ0v) is 14.4. The van der Waals surface area contributed by atoms with Crippen molar-refractivity contribution in [3.63, 3.8) is 0 Å². The monoisotopic (exact) mass is 333 g/mol. The van der Waals surface area contributed by atoms with Crippen molar-refractivity contribution in [2.24, 2.45) is 5.73 Å². The molecule has 2 rings (SSSR count). The Morgan fingerprint density at radius 3 is 2.88 bits per heavy atom. The molecule has 24 heavy (non-hydrogen) atoms. The van der Waals surface area contributed by atoms with Crippen LogP contribution in [0.4, 0.5) is 5.69 Å². The second-order valence-corrected chi connectivity index (χ2v) is 6.54. The first kappa shape index (κ1) is 18.4. The minimum absolute atomic E-state index is 0.119. The molecule has 1 heterocycles. The van der Waals surface area contributed by atoms with Crippen molar-refractivity contribution in [2.45, 2.75) is 57.7 Å². The predicted molar refractivity (Wildman–Crippen MR) is 93.4 cm³/mol. The van der Waals surface area contributed by atoms with E-state index in [0.717, 1.165) is 24.8 Å². The highest BCUT2D eigenvalue weighted by molar-refractivity contribution is 5.94. The van der Waals surface area contributed by atoms with Gasteiger partial charge in [-0.15, -0.1) is 0 Å². The van der Waals surface area contributed by atoms with Gasteiger partial charge in [-0.05, 0) is 43.9 Å². The number of carbonyl (C=O) groups excluding carboxylic acids is 2. The van der Waals surface area contributed by atoms with Crippen molar-refractivity contribution in [3.05, 3.63) is 29.8 Å². The predicted octanol–water partition coefficient (Wildman–Crippen LogP) is 1.94. The van der Waals surface area contributed by atoms with Gasteiger partial charge in [-0.2, -0.15) is 0 Å². The van der Waals surface area contributed by atoms with Gasteiger partial charge in [-0.3, -0.25) is 9.59 Å². The number of nitrogens with two attached hydrogens (primary N) is 1. The minimum Gasteiger partial charge on any atom is -0.368 e. The number of nitrogens with one attached hydrogen (secondary N) is 2. The molecule has 1 aromatic rings. The Labute approximate surface area is 143 Å². The molecule has 2 amide bonds. The Morgan fingerprint density at radius 2 is 2.21 bits per heavy atom. The zero-order chi connectivity index (χ0) is 17.6. The second-order valence-electron chi connectivity index (χ2n) is 6.54. The highest BCUT2D eigenvalue weighted by Crippen LogP contribution is 2.16. The first-order chi connectivity index (χ1) is 11.4. The van der Waals surface area contributed by atoms with E-state index in [2.05, 4.69) is 10.6 Å². The fraction of sp³-hybridized carbons (Fsp3) is 0.556. The van der Waals surface area contributed by atoms with Crippen molar-refractivity contribution in [1.82, 2.24) is 5.32 Å². The van der Waals surface area contributed by atoms with Crippen LogP contribution in [-0.2, 0) is 20.9 Å². The first-order valence-electron chi connectivity index (χ1n) is 8.51. The maximum Gasteiger partial charge on any atom is 0.253 e. The quantitative estimate of drug-likeness (QED) is 0.711. The average molecular weight is 333 g/mol. The number of rotatable bonds is 7. The Balaban J connectivity index is 1.90. The zero-order valence-electron chi connectivity index (χ0n) is 14.4. The summed E-state index contributed by atoms with van der Waals surface area (Å²) in [6.45, 7) is 4.75. The number of amides is 2. The van der Waals surface area contributed by atoms with Crippen LogP contribution in [0.3, 0.4) is 0 Å². The van der Waals surface area contributed by atoms with Gasteiger partial charge in [-0.1, -0.05) is 25.5 Å². The molecule has 0 radical (unpaired) electrons.